The van der Waals surface area contributed by atoms with E-state index in [2.05, 4.69) is 30.8 Å². The molecule has 4 heteroatoms. The predicted octanol–water partition coefficient (Wildman–Crippen LogP) is 1.11. The number of nitrogens with zero attached hydrogens (tertiary/aromatic N) is 2. The second-order valence-electron chi connectivity index (χ2n) is 4.31. The Balaban J connectivity index is 2.60. The topological polar surface area (TPSA) is 46.9 Å². The first kappa shape index (κ1) is 12.6. The molecule has 1 aromatic rings. The predicted molar refractivity (Wildman–Crippen MR) is 65.5 cm³/mol. The molecule has 0 bridgehead atoms. The van der Waals surface area contributed by atoms with E-state index in [1.807, 2.05) is 6.92 Å². The van der Waals surface area contributed by atoms with Crippen molar-refractivity contribution in [2.75, 3.05) is 6.54 Å². The standard InChI is InChI=1S/C12H19N3O/c1-9(2)13-6-11(4)8-15-12(16)5-10(3)7-14-15/h5,7,9,13H,4,6,8H2,1-3H3. The Morgan fingerprint density at radius 1 is 1.62 bits per heavy atom. The second kappa shape index (κ2) is 5.61. The fourth-order valence-corrected chi connectivity index (χ4v) is 1.26. The van der Waals surface area contributed by atoms with E-state index < -0.39 is 0 Å². The van der Waals surface area contributed by atoms with Crippen LogP contribution in [0.1, 0.15) is 19.4 Å². The van der Waals surface area contributed by atoms with E-state index in [0.717, 1.165) is 11.1 Å². The lowest BCUT2D eigenvalue weighted by Gasteiger charge is -2.11. The van der Waals surface area contributed by atoms with Crippen LogP contribution in [0.2, 0.25) is 0 Å². The molecule has 1 N–H and O–H groups in total. The van der Waals surface area contributed by atoms with Crippen molar-refractivity contribution in [2.45, 2.75) is 33.4 Å². The first-order valence-electron chi connectivity index (χ1n) is 5.43. The molecule has 0 atom stereocenters. The van der Waals surface area contributed by atoms with E-state index in [0.29, 0.717) is 19.1 Å². The Labute approximate surface area is 96.0 Å². The first-order valence-corrected chi connectivity index (χ1v) is 5.43. The molecular weight excluding hydrogens is 202 g/mol. The van der Waals surface area contributed by atoms with Gasteiger partial charge in [0.2, 0.25) is 0 Å². The molecule has 0 aromatic carbocycles. The van der Waals surface area contributed by atoms with Gasteiger partial charge in [0, 0.05) is 18.7 Å². The van der Waals surface area contributed by atoms with Gasteiger partial charge in [0.15, 0.2) is 0 Å². The number of aryl methyl sites for hydroxylation is 1. The Bertz CT molecular complexity index is 421. The summed E-state index contributed by atoms with van der Waals surface area (Å²) in [5.74, 6) is 0. The highest BCUT2D eigenvalue weighted by molar-refractivity contribution is 5.04. The molecule has 1 aromatic heterocycles. The molecule has 0 spiro atoms. The summed E-state index contributed by atoms with van der Waals surface area (Å²) in [4.78, 5) is 11.6. The summed E-state index contributed by atoms with van der Waals surface area (Å²) < 4.78 is 1.43. The summed E-state index contributed by atoms with van der Waals surface area (Å²) >= 11 is 0. The Hall–Kier alpha value is -1.42. The third kappa shape index (κ3) is 3.98. The quantitative estimate of drug-likeness (QED) is 0.758. The minimum Gasteiger partial charge on any atom is -0.311 e. The van der Waals surface area contributed by atoms with Crippen LogP contribution in [0.15, 0.2) is 29.2 Å². The molecule has 0 unspecified atom stereocenters. The van der Waals surface area contributed by atoms with Crippen molar-refractivity contribution < 1.29 is 0 Å². The van der Waals surface area contributed by atoms with Crippen molar-refractivity contribution in [2.24, 2.45) is 0 Å². The number of nitrogens with one attached hydrogen (secondary N) is 1. The van der Waals surface area contributed by atoms with Gasteiger partial charge in [-0.1, -0.05) is 20.4 Å². The van der Waals surface area contributed by atoms with Crippen molar-refractivity contribution in [3.8, 4) is 0 Å². The summed E-state index contributed by atoms with van der Waals surface area (Å²) in [5, 5.41) is 7.31. The third-order valence-corrected chi connectivity index (χ3v) is 2.14. The van der Waals surface area contributed by atoms with Crippen LogP contribution in [0, 0.1) is 6.92 Å². The van der Waals surface area contributed by atoms with E-state index in [1.165, 1.54) is 4.68 Å². The van der Waals surface area contributed by atoms with Crippen LogP contribution in [0.3, 0.4) is 0 Å². The van der Waals surface area contributed by atoms with Crippen molar-refractivity contribution in [1.29, 1.82) is 0 Å². The van der Waals surface area contributed by atoms with Gasteiger partial charge >= 0.3 is 0 Å². The van der Waals surface area contributed by atoms with Gasteiger partial charge in [0.1, 0.15) is 0 Å². The van der Waals surface area contributed by atoms with Gasteiger partial charge in [-0.25, -0.2) is 4.68 Å². The zero-order chi connectivity index (χ0) is 12.1. The van der Waals surface area contributed by atoms with Gasteiger partial charge in [-0.15, -0.1) is 0 Å². The second-order valence-corrected chi connectivity index (χ2v) is 4.31. The van der Waals surface area contributed by atoms with Crippen molar-refractivity contribution in [1.82, 2.24) is 15.1 Å². The fourth-order valence-electron chi connectivity index (χ4n) is 1.26. The SMILES string of the molecule is C=C(CNC(C)C)Cn1ncc(C)cc1=O. The summed E-state index contributed by atoms with van der Waals surface area (Å²) in [6.07, 6.45) is 1.69. The normalized spacial score (nSPS) is 10.8. The van der Waals surface area contributed by atoms with Crippen LogP contribution in [0.4, 0.5) is 0 Å². The molecule has 1 rings (SSSR count). The molecule has 1 heterocycles. The summed E-state index contributed by atoms with van der Waals surface area (Å²) in [6.45, 7) is 11.1. The molecule has 16 heavy (non-hydrogen) atoms. The molecule has 88 valence electrons. The maximum atomic E-state index is 11.6. The molecule has 0 radical (unpaired) electrons. The van der Waals surface area contributed by atoms with Crippen LogP contribution in [-0.4, -0.2) is 22.4 Å². The molecule has 0 saturated carbocycles. The smallest absolute Gasteiger partial charge is 0.267 e. The average Bonchev–Trinajstić information content (AvgIpc) is 2.19. The maximum absolute atomic E-state index is 11.6. The van der Waals surface area contributed by atoms with E-state index in [-0.39, 0.29) is 5.56 Å². The van der Waals surface area contributed by atoms with Gasteiger partial charge in [-0.05, 0) is 18.1 Å². The zero-order valence-corrected chi connectivity index (χ0v) is 10.2. The van der Waals surface area contributed by atoms with Crippen molar-refractivity contribution >= 4 is 0 Å². The lowest BCUT2D eigenvalue weighted by molar-refractivity contribution is 0.573. The van der Waals surface area contributed by atoms with Crippen molar-refractivity contribution in [3.05, 3.63) is 40.3 Å². The highest BCUT2D eigenvalue weighted by Crippen LogP contribution is 1.94. The lowest BCUT2D eigenvalue weighted by Crippen LogP contribution is -2.29. The van der Waals surface area contributed by atoms with Gasteiger partial charge in [0.25, 0.3) is 5.56 Å². The first-order chi connectivity index (χ1) is 7.49. The van der Waals surface area contributed by atoms with Crippen LogP contribution >= 0.6 is 0 Å². The van der Waals surface area contributed by atoms with E-state index in [9.17, 15) is 4.79 Å². The number of aromatic nitrogens is 2. The maximum Gasteiger partial charge on any atom is 0.267 e. The number of hydrogen-bond acceptors (Lipinski definition) is 3. The third-order valence-electron chi connectivity index (χ3n) is 2.14. The molecule has 0 aliphatic carbocycles. The molecule has 0 aliphatic rings. The fraction of sp³-hybridized carbons (Fsp3) is 0.500. The Morgan fingerprint density at radius 2 is 2.31 bits per heavy atom. The summed E-state index contributed by atoms with van der Waals surface area (Å²) in [7, 11) is 0. The minimum absolute atomic E-state index is 0.0781. The molecule has 0 saturated heterocycles. The van der Waals surface area contributed by atoms with Crippen LogP contribution in [0.25, 0.3) is 0 Å². The molecule has 0 fully saturated rings. The van der Waals surface area contributed by atoms with Gasteiger partial charge in [-0.3, -0.25) is 4.79 Å². The lowest BCUT2D eigenvalue weighted by atomic mass is 10.2. The highest BCUT2D eigenvalue weighted by Gasteiger charge is 2.01. The molecule has 0 amide bonds. The number of hydrogen-bond donors (Lipinski definition) is 1. The van der Waals surface area contributed by atoms with Gasteiger partial charge in [-0.2, -0.15) is 5.10 Å². The Kier molecular flexibility index (Phi) is 4.43. The average molecular weight is 221 g/mol. The van der Waals surface area contributed by atoms with E-state index in [4.69, 9.17) is 0 Å². The zero-order valence-electron chi connectivity index (χ0n) is 10.2. The van der Waals surface area contributed by atoms with E-state index >= 15 is 0 Å². The Morgan fingerprint density at radius 3 is 2.88 bits per heavy atom. The van der Waals surface area contributed by atoms with Crippen LogP contribution in [0.5, 0.6) is 0 Å². The minimum atomic E-state index is -0.0781. The highest BCUT2D eigenvalue weighted by atomic mass is 16.1. The summed E-state index contributed by atoms with van der Waals surface area (Å²) in [5.41, 5.74) is 1.75. The summed E-state index contributed by atoms with van der Waals surface area (Å²) in [6, 6.07) is 2.00. The molecular formula is C12H19N3O. The monoisotopic (exact) mass is 221 g/mol. The van der Waals surface area contributed by atoms with Crippen molar-refractivity contribution in [3.63, 3.8) is 0 Å². The molecule has 0 aliphatic heterocycles. The van der Waals surface area contributed by atoms with Gasteiger partial charge < -0.3 is 5.32 Å². The van der Waals surface area contributed by atoms with Crippen LogP contribution in [-0.2, 0) is 6.54 Å². The molecule has 4 nitrogen and oxygen atoms in total. The van der Waals surface area contributed by atoms with Gasteiger partial charge in [0.05, 0.1) is 12.7 Å². The number of rotatable bonds is 5. The van der Waals surface area contributed by atoms with E-state index in [1.54, 1.807) is 12.3 Å². The largest absolute Gasteiger partial charge is 0.311 e. The van der Waals surface area contributed by atoms with Crippen LogP contribution < -0.4 is 10.9 Å².